The van der Waals surface area contributed by atoms with E-state index in [9.17, 15) is 4.79 Å². The van der Waals surface area contributed by atoms with Crippen LogP contribution >= 0.6 is 23.2 Å². The number of halogens is 2. The van der Waals surface area contributed by atoms with Crippen LogP contribution in [0.5, 0.6) is 5.75 Å². The predicted octanol–water partition coefficient (Wildman–Crippen LogP) is 2.50. The summed E-state index contributed by atoms with van der Waals surface area (Å²) < 4.78 is 4.99. The van der Waals surface area contributed by atoms with Crippen molar-refractivity contribution in [2.75, 3.05) is 13.7 Å². The Balaban J connectivity index is 2.75. The molecule has 1 aromatic carbocycles. The fourth-order valence-electron chi connectivity index (χ4n) is 1.38. The maximum Gasteiger partial charge on any atom is 0.251 e. The van der Waals surface area contributed by atoms with E-state index in [1.165, 1.54) is 19.2 Å². The van der Waals surface area contributed by atoms with E-state index in [0.717, 1.165) is 0 Å². The third-order valence-electron chi connectivity index (χ3n) is 2.31. The van der Waals surface area contributed by atoms with Crippen LogP contribution in [0.3, 0.4) is 0 Å². The Morgan fingerprint density at radius 2 is 2.00 bits per heavy atom. The molecule has 0 saturated heterocycles. The first-order chi connectivity index (χ1) is 8.45. The number of rotatable bonds is 5. The van der Waals surface area contributed by atoms with Gasteiger partial charge in [-0.3, -0.25) is 4.79 Å². The molecule has 0 spiro atoms. The Hall–Kier alpha value is -0.970. The number of carbonyl (C=O) groups excluding carboxylic acids is 1. The highest BCUT2D eigenvalue weighted by Crippen LogP contribution is 2.33. The maximum absolute atomic E-state index is 11.8. The number of aliphatic hydroxyl groups excluding tert-OH is 1. The van der Waals surface area contributed by atoms with E-state index in [4.69, 9.17) is 33.0 Å². The zero-order valence-electron chi connectivity index (χ0n) is 10.2. The van der Waals surface area contributed by atoms with Crippen LogP contribution in [0.4, 0.5) is 0 Å². The maximum atomic E-state index is 11.8. The predicted molar refractivity (Wildman–Crippen MR) is 71.6 cm³/mol. The fourth-order valence-corrected chi connectivity index (χ4v) is 2.02. The molecule has 0 aliphatic heterocycles. The Kier molecular flexibility index (Phi) is 5.72. The van der Waals surface area contributed by atoms with E-state index in [1.54, 1.807) is 6.92 Å². The summed E-state index contributed by atoms with van der Waals surface area (Å²) in [5, 5.41) is 12.3. The number of benzene rings is 1. The van der Waals surface area contributed by atoms with Crippen LogP contribution in [0, 0.1) is 0 Å². The average Bonchev–Trinajstić information content (AvgIpc) is 2.27. The molecular weight excluding hydrogens is 277 g/mol. The number of ether oxygens (including phenoxy) is 1. The highest BCUT2D eigenvalue weighted by atomic mass is 35.5. The summed E-state index contributed by atoms with van der Waals surface area (Å²) in [6, 6.07) is 2.98. The van der Waals surface area contributed by atoms with Gasteiger partial charge in [-0.1, -0.05) is 23.2 Å². The molecule has 1 atom stereocenters. The van der Waals surface area contributed by atoms with E-state index in [0.29, 0.717) is 24.3 Å². The van der Waals surface area contributed by atoms with Gasteiger partial charge in [0.1, 0.15) is 0 Å². The van der Waals surface area contributed by atoms with Gasteiger partial charge in [0.25, 0.3) is 5.91 Å². The molecule has 1 rings (SSSR count). The van der Waals surface area contributed by atoms with Gasteiger partial charge in [0, 0.05) is 12.1 Å². The summed E-state index contributed by atoms with van der Waals surface area (Å²) in [7, 11) is 1.45. The minimum Gasteiger partial charge on any atom is -0.494 e. The summed E-state index contributed by atoms with van der Waals surface area (Å²) in [6.07, 6.45) is 0.0388. The zero-order chi connectivity index (χ0) is 13.7. The summed E-state index contributed by atoms with van der Waals surface area (Å²) in [5.74, 6) is 0.0565. The van der Waals surface area contributed by atoms with Gasteiger partial charge < -0.3 is 15.2 Å². The molecule has 0 fully saturated rings. The lowest BCUT2D eigenvalue weighted by Gasteiger charge is -2.10. The number of hydrogen-bond acceptors (Lipinski definition) is 3. The molecule has 0 aliphatic carbocycles. The van der Waals surface area contributed by atoms with Gasteiger partial charge in [-0.2, -0.15) is 0 Å². The monoisotopic (exact) mass is 291 g/mol. The SMILES string of the molecule is COc1c(Cl)cc(C(=O)NCCC(C)O)cc1Cl. The molecule has 4 nitrogen and oxygen atoms in total. The van der Waals surface area contributed by atoms with E-state index in [-0.39, 0.29) is 16.0 Å². The second kappa shape index (κ2) is 6.83. The van der Waals surface area contributed by atoms with Crippen LogP contribution in [-0.2, 0) is 0 Å². The number of aliphatic hydroxyl groups is 1. The molecule has 1 amide bonds. The van der Waals surface area contributed by atoms with E-state index in [2.05, 4.69) is 5.32 Å². The van der Waals surface area contributed by atoms with Crippen LogP contribution in [0.15, 0.2) is 12.1 Å². The number of hydrogen-bond donors (Lipinski definition) is 2. The molecule has 0 heterocycles. The fraction of sp³-hybridized carbons (Fsp3) is 0.417. The van der Waals surface area contributed by atoms with Crippen molar-refractivity contribution in [3.8, 4) is 5.75 Å². The van der Waals surface area contributed by atoms with Crippen molar-refractivity contribution in [1.82, 2.24) is 5.32 Å². The van der Waals surface area contributed by atoms with Crippen molar-refractivity contribution in [1.29, 1.82) is 0 Å². The molecular formula is C12H15Cl2NO3. The minimum atomic E-state index is -0.451. The lowest BCUT2D eigenvalue weighted by atomic mass is 10.2. The van der Waals surface area contributed by atoms with Gasteiger partial charge >= 0.3 is 0 Å². The molecule has 0 bridgehead atoms. The Bertz CT molecular complexity index is 412. The van der Waals surface area contributed by atoms with Crippen molar-refractivity contribution in [3.05, 3.63) is 27.7 Å². The molecule has 1 aromatic rings. The second-order valence-corrected chi connectivity index (χ2v) is 4.68. The number of nitrogens with one attached hydrogen (secondary N) is 1. The first-order valence-electron chi connectivity index (χ1n) is 5.45. The van der Waals surface area contributed by atoms with Gasteiger partial charge in [0.15, 0.2) is 5.75 Å². The standard InChI is InChI=1S/C12H15Cl2NO3/c1-7(16)3-4-15-12(17)8-5-9(13)11(18-2)10(14)6-8/h5-7,16H,3-4H2,1-2H3,(H,15,17). The summed E-state index contributed by atoms with van der Waals surface area (Å²) in [4.78, 5) is 11.8. The molecule has 100 valence electrons. The van der Waals surface area contributed by atoms with Gasteiger partial charge in [-0.15, -0.1) is 0 Å². The normalized spacial score (nSPS) is 12.1. The minimum absolute atomic E-state index is 0.283. The molecule has 2 N–H and O–H groups in total. The highest BCUT2D eigenvalue weighted by molar-refractivity contribution is 6.37. The van der Waals surface area contributed by atoms with E-state index < -0.39 is 6.10 Å². The first-order valence-corrected chi connectivity index (χ1v) is 6.20. The summed E-state index contributed by atoms with van der Waals surface area (Å²) >= 11 is 11.9. The first kappa shape index (κ1) is 15.1. The largest absolute Gasteiger partial charge is 0.494 e. The quantitative estimate of drug-likeness (QED) is 0.876. The van der Waals surface area contributed by atoms with Gasteiger partial charge in [-0.25, -0.2) is 0 Å². The van der Waals surface area contributed by atoms with Crippen LogP contribution in [0.1, 0.15) is 23.7 Å². The smallest absolute Gasteiger partial charge is 0.251 e. The van der Waals surface area contributed by atoms with Crippen LogP contribution in [-0.4, -0.2) is 30.8 Å². The zero-order valence-corrected chi connectivity index (χ0v) is 11.7. The average molecular weight is 292 g/mol. The van der Waals surface area contributed by atoms with Crippen LogP contribution in [0.2, 0.25) is 10.0 Å². The lowest BCUT2D eigenvalue weighted by Crippen LogP contribution is -2.26. The third kappa shape index (κ3) is 4.05. The number of methoxy groups -OCH3 is 1. The molecule has 0 aliphatic rings. The van der Waals surface area contributed by atoms with Gasteiger partial charge in [0.05, 0.1) is 23.3 Å². The molecule has 0 radical (unpaired) electrons. The second-order valence-electron chi connectivity index (χ2n) is 3.87. The van der Waals surface area contributed by atoms with Crippen molar-refractivity contribution in [2.24, 2.45) is 0 Å². The Morgan fingerprint density at radius 3 is 2.44 bits per heavy atom. The molecule has 6 heteroatoms. The summed E-state index contributed by atoms with van der Waals surface area (Å²) in [5.41, 5.74) is 0.358. The number of carbonyl (C=O) groups is 1. The van der Waals surface area contributed by atoms with Crippen molar-refractivity contribution < 1.29 is 14.6 Å². The topological polar surface area (TPSA) is 58.6 Å². The summed E-state index contributed by atoms with van der Waals surface area (Å²) in [6.45, 7) is 2.05. The van der Waals surface area contributed by atoms with E-state index >= 15 is 0 Å². The lowest BCUT2D eigenvalue weighted by molar-refractivity contribution is 0.0945. The Labute approximate surface area is 116 Å². The molecule has 18 heavy (non-hydrogen) atoms. The van der Waals surface area contributed by atoms with Crippen molar-refractivity contribution in [3.63, 3.8) is 0 Å². The van der Waals surface area contributed by atoms with Gasteiger partial charge in [-0.05, 0) is 25.5 Å². The van der Waals surface area contributed by atoms with E-state index in [1.807, 2.05) is 0 Å². The highest BCUT2D eigenvalue weighted by Gasteiger charge is 2.13. The van der Waals surface area contributed by atoms with Crippen LogP contribution in [0.25, 0.3) is 0 Å². The van der Waals surface area contributed by atoms with Crippen molar-refractivity contribution >= 4 is 29.1 Å². The molecule has 0 saturated carbocycles. The molecule has 1 unspecified atom stereocenters. The van der Waals surface area contributed by atoms with Crippen LogP contribution < -0.4 is 10.1 Å². The van der Waals surface area contributed by atoms with Crippen molar-refractivity contribution in [2.45, 2.75) is 19.4 Å². The molecule has 0 aromatic heterocycles. The third-order valence-corrected chi connectivity index (χ3v) is 2.87. The number of amides is 1. The Morgan fingerprint density at radius 1 is 1.44 bits per heavy atom. The van der Waals surface area contributed by atoms with Gasteiger partial charge in [0.2, 0.25) is 0 Å².